The Morgan fingerprint density at radius 1 is 1.18 bits per heavy atom. The second-order valence-electron chi connectivity index (χ2n) is 11.4. The number of anilines is 2. The number of ether oxygens (including phenoxy) is 2. The van der Waals surface area contributed by atoms with Crippen molar-refractivity contribution in [2.75, 3.05) is 49.6 Å². The molecule has 2 amide bonds. The average molecular weight is 735 g/mol. The minimum absolute atomic E-state index is 0.0766. The van der Waals surface area contributed by atoms with Crippen LogP contribution in [0.25, 0.3) is 11.4 Å². The number of benzene rings is 1. The third-order valence-electron chi connectivity index (χ3n) is 8.25. The van der Waals surface area contributed by atoms with Gasteiger partial charge in [0, 0.05) is 43.8 Å². The molecule has 0 spiro atoms. The number of carbonyl (C=O) groups excluding carboxylic acids is 2. The van der Waals surface area contributed by atoms with E-state index in [0.717, 1.165) is 16.2 Å². The van der Waals surface area contributed by atoms with Crippen molar-refractivity contribution in [1.29, 1.82) is 0 Å². The standard InChI is InChI=1S/C31H31Cl2F2N9O6/c1-3-22-25(41-8-10-42(11-9-41)28(47)24-26(46)17(2)36-16-37-24)29(48)44-30(39-27(40-44)18-6-12-49-13-7-18)43(22)15-23(45)38-21-5-4-19(14-20(21)32)50-31(33,34)35/h4-6,14,16,46H,3,7-13,15H2,1-2H3,(H,38,45). The molecule has 2 N–H and O–H groups in total. The summed E-state index contributed by atoms with van der Waals surface area (Å²) in [5.41, 5.74) is -2.51. The van der Waals surface area contributed by atoms with E-state index >= 15 is 0 Å². The Bertz CT molecular complexity index is 2060. The van der Waals surface area contributed by atoms with Gasteiger partial charge in [-0.3, -0.25) is 14.4 Å². The molecular formula is C31H31Cl2F2N9O6. The van der Waals surface area contributed by atoms with Crippen molar-refractivity contribution >= 4 is 57.7 Å². The van der Waals surface area contributed by atoms with Crippen LogP contribution in [0, 0.1) is 6.92 Å². The second-order valence-corrected chi connectivity index (χ2v) is 12.3. The fraction of sp³-hybridized carbons (Fsp3) is 0.387. The number of rotatable bonds is 9. The molecule has 3 aromatic heterocycles. The summed E-state index contributed by atoms with van der Waals surface area (Å²) in [4.78, 5) is 56.8. The van der Waals surface area contributed by atoms with Crippen molar-refractivity contribution in [1.82, 2.24) is 34.0 Å². The number of hydrogen-bond donors (Lipinski definition) is 2. The van der Waals surface area contributed by atoms with Crippen LogP contribution in [-0.4, -0.2) is 95.9 Å². The lowest BCUT2D eigenvalue weighted by Crippen LogP contribution is -2.51. The van der Waals surface area contributed by atoms with E-state index in [2.05, 4.69) is 30.1 Å². The van der Waals surface area contributed by atoms with E-state index in [0.29, 0.717) is 43.3 Å². The van der Waals surface area contributed by atoms with E-state index in [1.165, 1.54) is 23.4 Å². The lowest BCUT2D eigenvalue weighted by Gasteiger charge is -2.36. The number of fused-ring (bicyclic) bond motifs is 1. The van der Waals surface area contributed by atoms with Gasteiger partial charge >= 0.3 is 5.57 Å². The number of hydrogen-bond acceptors (Lipinski definition) is 11. The first-order valence-electron chi connectivity index (χ1n) is 15.5. The number of nitrogens with one attached hydrogen (secondary N) is 1. The number of carbonyl (C=O) groups is 2. The summed E-state index contributed by atoms with van der Waals surface area (Å²) in [7, 11) is 0. The molecule has 0 unspecified atom stereocenters. The summed E-state index contributed by atoms with van der Waals surface area (Å²) >= 11 is 11.1. The molecule has 2 aliphatic rings. The highest BCUT2D eigenvalue weighted by Gasteiger charge is 2.31. The molecule has 4 aromatic rings. The van der Waals surface area contributed by atoms with Crippen molar-refractivity contribution in [3.05, 3.63) is 68.9 Å². The van der Waals surface area contributed by atoms with Gasteiger partial charge in [-0.15, -0.1) is 13.9 Å². The lowest BCUT2D eigenvalue weighted by molar-refractivity contribution is -0.116. The molecule has 264 valence electrons. The smallest absolute Gasteiger partial charge is 0.487 e. The first-order valence-corrected chi connectivity index (χ1v) is 16.3. The third-order valence-corrected chi connectivity index (χ3v) is 8.64. The largest absolute Gasteiger partial charge is 0.504 e. The maximum absolute atomic E-state index is 14.2. The Balaban J connectivity index is 1.33. The number of aromatic nitrogens is 6. The molecule has 1 saturated heterocycles. The molecule has 2 aliphatic heterocycles. The van der Waals surface area contributed by atoms with Gasteiger partial charge in [-0.25, -0.2) is 9.97 Å². The Morgan fingerprint density at radius 3 is 2.60 bits per heavy atom. The maximum atomic E-state index is 14.2. The van der Waals surface area contributed by atoms with Crippen LogP contribution in [0.2, 0.25) is 5.02 Å². The van der Waals surface area contributed by atoms with E-state index in [-0.39, 0.29) is 72.1 Å². The molecule has 0 bridgehead atoms. The number of piperazine rings is 1. The molecule has 50 heavy (non-hydrogen) atoms. The summed E-state index contributed by atoms with van der Waals surface area (Å²) < 4.78 is 38.7. The second kappa shape index (κ2) is 14.2. The van der Waals surface area contributed by atoms with Gasteiger partial charge in [0.15, 0.2) is 17.3 Å². The Kier molecular flexibility index (Phi) is 9.91. The van der Waals surface area contributed by atoms with Crippen molar-refractivity contribution in [3.8, 4) is 11.5 Å². The molecular weight excluding hydrogens is 703 g/mol. The van der Waals surface area contributed by atoms with Crippen LogP contribution >= 0.6 is 23.2 Å². The summed E-state index contributed by atoms with van der Waals surface area (Å²) in [6, 6.07) is 3.56. The molecule has 0 saturated carbocycles. The fourth-order valence-corrected chi connectivity index (χ4v) is 6.14. The predicted molar refractivity (Wildman–Crippen MR) is 178 cm³/mol. The number of nitrogens with zero attached hydrogens (tertiary/aromatic N) is 8. The number of amides is 2. The number of halogens is 4. The monoisotopic (exact) mass is 733 g/mol. The first kappa shape index (κ1) is 35.0. The first-order chi connectivity index (χ1) is 23.8. The van der Waals surface area contributed by atoms with Crippen LogP contribution in [0.5, 0.6) is 11.5 Å². The summed E-state index contributed by atoms with van der Waals surface area (Å²) in [5, 5.41) is 17.5. The lowest BCUT2D eigenvalue weighted by atomic mass is 10.1. The van der Waals surface area contributed by atoms with Gasteiger partial charge in [-0.1, -0.05) is 24.6 Å². The van der Waals surface area contributed by atoms with Crippen LogP contribution in [0.4, 0.5) is 20.2 Å². The van der Waals surface area contributed by atoms with E-state index in [1.54, 1.807) is 11.5 Å². The number of aryl methyl sites for hydroxylation is 1. The van der Waals surface area contributed by atoms with Gasteiger partial charge < -0.3 is 34.3 Å². The summed E-state index contributed by atoms with van der Waals surface area (Å²) in [5.74, 6) is -1.16. The quantitative estimate of drug-likeness (QED) is 0.242. The van der Waals surface area contributed by atoms with Crippen LogP contribution in [-0.2, 0) is 22.5 Å². The van der Waals surface area contributed by atoms with Crippen molar-refractivity contribution in [2.24, 2.45) is 0 Å². The molecule has 0 aliphatic carbocycles. The van der Waals surface area contributed by atoms with Crippen molar-refractivity contribution < 1.29 is 33.0 Å². The zero-order valence-corrected chi connectivity index (χ0v) is 28.3. The SMILES string of the molecule is CCc1c(N2CCN(C(=O)c3ncnc(C)c3O)CC2)c(=O)n2nc(C3=CCOCC3)nc2n1CC(=O)Nc1ccc(OC(F)(F)Cl)cc1Cl. The fourth-order valence-electron chi connectivity index (χ4n) is 5.83. The highest BCUT2D eigenvalue weighted by Crippen LogP contribution is 2.32. The Hall–Kier alpha value is -4.87. The van der Waals surface area contributed by atoms with E-state index in [1.807, 2.05) is 17.9 Å². The highest BCUT2D eigenvalue weighted by molar-refractivity contribution is 6.33. The predicted octanol–water partition coefficient (Wildman–Crippen LogP) is 3.48. The van der Waals surface area contributed by atoms with E-state index in [9.17, 15) is 28.3 Å². The Labute approximate surface area is 293 Å². The van der Waals surface area contributed by atoms with Gasteiger partial charge in [-0.05, 0) is 37.5 Å². The summed E-state index contributed by atoms with van der Waals surface area (Å²) in [6.07, 6.45) is 3.90. The van der Waals surface area contributed by atoms with Gasteiger partial charge in [0.25, 0.3) is 11.5 Å². The molecule has 5 heterocycles. The molecule has 15 nitrogen and oxygen atoms in total. The normalized spacial score (nSPS) is 15.3. The Morgan fingerprint density at radius 2 is 1.94 bits per heavy atom. The molecule has 19 heteroatoms. The van der Waals surface area contributed by atoms with Gasteiger partial charge in [0.05, 0.1) is 35.3 Å². The van der Waals surface area contributed by atoms with Gasteiger partial charge in [0.2, 0.25) is 11.7 Å². The summed E-state index contributed by atoms with van der Waals surface area (Å²) in [6.45, 7) is 4.85. The van der Waals surface area contributed by atoms with Crippen LogP contribution in [0.15, 0.2) is 35.4 Å². The van der Waals surface area contributed by atoms with Crippen molar-refractivity contribution in [2.45, 2.75) is 38.8 Å². The average Bonchev–Trinajstić information content (AvgIpc) is 3.54. The molecule has 0 radical (unpaired) electrons. The zero-order valence-electron chi connectivity index (χ0n) is 26.8. The molecule has 6 rings (SSSR count). The van der Waals surface area contributed by atoms with Gasteiger partial charge in [-0.2, -0.15) is 9.50 Å². The topological polar surface area (TPSA) is 169 Å². The third kappa shape index (κ3) is 7.20. The van der Waals surface area contributed by atoms with E-state index in [4.69, 9.17) is 27.9 Å². The van der Waals surface area contributed by atoms with E-state index < -0.39 is 22.9 Å². The molecule has 1 aromatic carbocycles. The minimum Gasteiger partial charge on any atom is -0.504 e. The zero-order chi connectivity index (χ0) is 35.7. The van der Waals surface area contributed by atoms with Crippen molar-refractivity contribution in [3.63, 3.8) is 0 Å². The van der Waals surface area contributed by atoms with Crippen LogP contribution in [0.1, 0.15) is 41.0 Å². The van der Waals surface area contributed by atoms with Gasteiger partial charge in [0.1, 0.15) is 24.3 Å². The number of aromatic hydroxyl groups is 1. The number of alkyl halides is 3. The highest BCUT2D eigenvalue weighted by atomic mass is 35.5. The minimum atomic E-state index is -3.95. The molecule has 0 atom stereocenters. The molecule has 1 fully saturated rings. The maximum Gasteiger partial charge on any atom is 0.487 e. The van der Waals surface area contributed by atoms with Crippen LogP contribution < -0.4 is 20.5 Å². The van der Waals surface area contributed by atoms with Crippen LogP contribution in [0.3, 0.4) is 0 Å².